The van der Waals surface area contributed by atoms with Crippen molar-refractivity contribution in [2.24, 2.45) is 0 Å². The monoisotopic (exact) mass is 445 g/mol. The molecule has 0 radical (unpaired) electrons. The van der Waals surface area contributed by atoms with Gasteiger partial charge in [-0.25, -0.2) is 0 Å². The predicted octanol–water partition coefficient (Wildman–Crippen LogP) is 1.52. The Kier molecular flexibility index (Phi) is 7.49. The van der Waals surface area contributed by atoms with Crippen LogP contribution in [0.2, 0.25) is 0 Å². The van der Waals surface area contributed by atoms with Crippen LogP contribution in [-0.2, 0) is 9.53 Å². The molecule has 2 atom stereocenters. The van der Waals surface area contributed by atoms with Gasteiger partial charge in [-0.3, -0.25) is 14.6 Å². The van der Waals surface area contributed by atoms with Crippen molar-refractivity contribution in [2.75, 3.05) is 73.2 Å². The highest BCUT2D eigenvalue weighted by Crippen LogP contribution is 2.40. The molecule has 168 valence electrons. The summed E-state index contributed by atoms with van der Waals surface area (Å²) in [5.74, 6) is 1.38. The summed E-state index contributed by atoms with van der Waals surface area (Å²) in [5, 5.41) is 6.34. The van der Waals surface area contributed by atoms with E-state index in [0.29, 0.717) is 19.6 Å². The van der Waals surface area contributed by atoms with Gasteiger partial charge >= 0.3 is 0 Å². The molecule has 0 saturated carbocycles. The number of piperazine rings is 1. The maximum atomic E-state index is 13.2. The van der Waals surface area contributed by atoms with E-state index >= 15 is 0 Å². The zero-order valence-electron chi connectivity index (χ0n) is 18.3. The highest BCUT2D eigenvalue weighted by molar-refractivity contribution is 7.03. The van der Waals surface area contributed by atoms with Crippen LogP contribution in [0.4, 0.5) is 0 Å². The Balaban J connectivity index is 1.40. The standard InChI is InChI=1S/C22H31N5O3S/c1-29-11-10-25-6-8-26(9-7-25)15-22(28)27-13-19(17-4-3-5-18(12-17)30-2)20(14-27)21-16-31-24-23-21/h3-5,12,16,19-20H,6-11,13-15H2,1-2H3/t19-,20+/m0/s1. The molecule has 9 heteroatoms. The molecule has 8 nitrogen and oxygen atoms in total. The van der Waals surface area contributed by atoms with Crippen molar-refractivity contribution in [3.05, 3.63) is 40.9 Å². The third-order valence-electron chi connectivity index (χ3n) is 6.39. The second kappa shape index (κ2) is 10.5. The quantitative estimate of drug-likeness (QED) is 0.610. The Hall–Kier alpha value is -2.07. The number of methoxy groups -OCH3 is 2. The van der Waals surface area contributed by atoms with Gasteiger partial charge in [0, 0.05) is 70.1 Å². The molecule has 1 amide bonds. The van der Waals surface area contributed by atoms with Gasteiger partial charge in [-0.15, -0.1) is 5.10 Å². The number of ether oxygens (including phenoxy) is 2. The molecule has 4 rings (SSSR count). The SMILES string of the molecule is COCCN1CCN(CC(=O)N2C[C@@H](c3cccc(OC)c3)[C@H](c3csnn3)C2)CC1. The summed E-state index contributed by atoms with van der Waals surface area (Å²) in [6.07, 6.45) is 0. The minimum atomic E-state index is 0.153. The molecule has 1 aromatic carbocycles. The zero-order valence-corrected chi connectivity index (χ0v) is 19.1. The first-order valence-corrected chi connectivity index (χ1v) is 11.6. The predicted molar refractivity (Wildman–Crippen MR) is 120 cm³/mol. The number of hydrogen-bond donors (Lipinski definition) is 0. The number of aromatic nitrogens is 2. The molecule has 2 aliphatic rings. The van der Waals surface area contributed by atoms with Crippen LogP contribution < -0.4 is 4.74 Å². The van der Waals surface area contributed by atoms with Gasteiger partial charge in [-0.2, -0.15) is 0 Å². The van der Waals surface area contributed by atoms with Gasteiger partial charge in [0.15, 0.2) is 0 Å². The van der Waals surface area contributed by atoms with E-state index in [1.165, 1.54) is 17.1 Å². The van der Waals surface area contributed by atoms with E-state index < -0.39 is 0 Å². The molecule has 3 heterocycles. The van der Waals surface area contributed by atoms with E-state index in [1.54, 1.807) is 14.2 Å². The van der Waals surface area contributed by atoms with Crippen LogP contribution in [0.15, 0.2) is 29.6 Å². The van der Waals surface area contributed by atoms with Crippen molar-refractivity contribution in [3.8, 4) is 5.75 Å². The Morgan fingerprint density at radius 3 is 2.61 bits per heavy atom. The molecule has 0 unspecified atom stereocenters. The van der Waals surface area contributed by atoms with Crippen LogP contribution in [0.25, 0.3) is 0 Å². The molecule has 2 fully saturated rings. The van der Waals surface area contributed by atoms with Crippen molar-refractivity contribution in [1.82, 2.24) is 24.3 Å². The summed E-state index contributed by atoms with van der Waals surface area (Å²) in [6.45, 7) is 7.37. The molecule has 2 aliphatic heterocycles. The van der Waals surface area contributed by atoms with Crippen LogP contribution in [0.3, 0.4) is 0 Å². The van der Waals surface area contributed by atoms with E-state index in [4.69, 9.17) is 9.47 Å². The minimum Gasteiger partial charge on any atom is -0.497 e. The fraction of sp³-hybridized carbons (Fsp3) is 0.591. The van der Waals surface area contributed by atoms with Crippen LogP contribution in [0, 0.1) is 0 Å². The highest BCUT2D eigenvalue weighted by Gasteiger charge is 2.39. The van der Waals surface area contributed by atoms with Gasteiger partial charge in [0.1, 0.15) is 5.75 Å². The van der Waals surface area contributed by atoms with E-state index in [9.17, 15) is 4.79 Å². The number of likely N-dealkylation sites (tertiary alicyclic amines) is 1. The fourth-order valence-corrected chi connectivity index (χ4v) is 5.05. The van der Waals surface area contributed by atoms with Crippen LogP contribution in [-0.4, -0.2) is 103 Å². The van der Waals surface area contributed by atoms with Gasteiger partial charge in [0.2, 0.25) is 5.91 Å². The highest BCUT2D eigenvalue weighted by atomic mass is 32.1. The smallest absolute Gasteiger partial charge is 0.236 e. The number of amides is 1. The van der Waals surface area contributed by atoms with Gasteiger partial charge in [-0.05, 0) is 29.2 Å². The summed E-state index contributed by atoms with van der Waals surface area (Å²) in [6, 6.07) is 8.16. The van der Waals surface area contributed by atoms with Gasteiger partial charge in [0.25, 0.3) is 0 Å². The molecule has 1 aromatic heterocycles. The summed E-state index contributed by atoms with van der Waals surface area (Å²) in [5.41, 5.74) is 2.15. The Labute approximate surface area is 187 Å². The maximum absolute atomic E-state index is 13.2. The molecular weight excluding hydrogens is 414 g/mol. The fourth-order valence-electron chi connectivity index (χ4n) is 4.53. The Bertz CT molecular complexity index is 841. The van der Waals surface area contributed by atoms with Crippen molar-refractivity contribution in [3.63, 3.8) is 0 Å². The molecule has 0 bridgehead atoms. The van der Waals surface area contributed by atoms with E-state index in [2.05, 4.69) is 31.5 Å². The summed E-state index contributed by atoms with van der Waals surface area (Å²) < 4.78 is 14.7. The Morgan fingerprint density at radius 2 is 1.90 bits per heavy atom. The average Bonchev–Trinajstić information content (AvgIpc) is 3.48. The van der Waals surface area contributed by atoms with Gasteiger partial charge in [0.05, 0.1) is 26.0 Å². The summed E-state index contributed by atoms with van der Waals surface area (Å²) in [7, 11) is 3.42. The number of benzene rings is 1. The number of rotatable bonds is 8. The first-order valence-electron chi connectivity index (χ1n) is 10.8. The van der Waals surface area contributed by atoms with E-state index in [0.717, 1.165) is 50.8 Å². The maximum Gasteiger partial charge on any atom is 0.236 e. The topological polar surface area (TPSA) is 71.0 Å². The second-order valence-electron chi connectivity index (χ2n) is 8.23. The molecule has 0 N–H and O–H groups in total. The zero-order chi connectivity index (χ0) is 21.6. The number of carbonyl (C=O) groups excluding carboxylic acids is 1. The van der Waals surface area contributed by atoms with Crippen LogP contribution >= 0.6 is 11.5 Å². The van der Waals surface area contributed by atoms with Crippen molar-refractivity contribution < 1.29 is 14.3 Å². The van der Waals surface area contributed by atoms with Crippen LogP contribution in [0.1, 0.15) is 23.1 Å². The molecular formula is C22H31N5O3S. The molecule has 0 spiro atoms. The first kappa shape index (κ1) is 22.1. The summed E-state index contributed by atoms with van der Waals surface area (Å²) >= 11 is 1.36. The number of hydrogen-bond acceptors (Lipinski definition) is 8. The largest absolute Gasteiger partial charge is 0.497 e. The molecule has 0 aliphatic carbocycles. The van der Waals surface area contributed by atoms with Crippen molar-refractivity contribution in [1.29, 1.82) is 0 Å². The number of carbonyl (C=O) groups is 1. The lowest BCUT2D eigenvalue weighted by Gasteiger charge is -2.34. The van der Waals surface area contributed by atoms with Crippen molar-refractivity contribution >= 4 is 17.4 Å². The molecule has 2 aromatic rings. The van der Waals surface area contributed by atoms with Gasteiger partial charge < -0.3 is 14.4 Å². The summed E-state index contributed by atoms with van der Waals surface area (Å²) in [4.78, 5) is 19.8. The lowest BCUT2D eigenvalue weighted by atomic mass is 9.87. The van der Waals surface area contributed by atoms with Crippen LogP contribution in [0.5, 0.6) is 5.75 Å². The third-order valence-corrected chi connectivity index (χ3v) is 6.91. The Morgan fingerprint density at radius 1 is 1.13 bits per heavy atom. The van der Waals surface area contributed by atoms with Crippen molar-refractivity contribution in [2.45, 2.75) is 11.8 Å². The van der Waals surface area contributed by atoms with E-state index in [1.807, 2.05) is 22.4 Å². The average molecular weight is 446 g/mol. The second-order valence-corrected chi connectivity index (χ2v) is 8.84. The third kappa shape index (κ3) is 5.41. The van der Waals surface area contributed by atoms with Gasteiger partial charge in [-0.1, -0.05) is 16.6 Å². The number of nitrogens with zero attached hydrogens (tertiary/aromatic N) is 5. The minimum absolute atomic E-state index is 0.153. The van der Waals surface area contributed by atoms with E-state index in [-0.39, 0.29) is 17.7 Å². The molecule has 31 heavy (non-hydrogen) atoms. The molecule has 2 saturated heterocycles. The normalized spacial score (nSPS) is 22.7. The lowest BCUT2D eigenvalue weighted by molar-refractivity contribution is -0.131. The lowest BCUT2D eigenvalue weighted by Crippen LogP contribution is -2.50. The first-order chi connectivity index (χ1) is 15.2.